The van der Waals surface area contributed by atoms with Crippen molar-refractivity contribution >= 4 is 11.0 Å². The second-order valence-electron chi connectivity index (χ2n) is 6.64. The number of rotatable bonds is 2. The molecule has 2 aromatic rings. The number of para-hydroxylation sites is 2. The lowest BCUT2D eigenvalue weighted by Crippen LogP contribution is -2.44. The Balaban J connectivity index is 1.94. The van der Waals surface area contributed by atoms with Crippen molar-refractivity contribution < 1.29 is 5.11 Å². The maximum absolute atomic E-state index is 11.1. The Bertz CT molecular complexity index is 618. The zero-order valence-electron chi connectivity index (χ0n) is 12.6. The van der Waals surface area contributed by atoms with Crippen LogP contribution in [0.2, 0.25) is 0 Å². The molecule has 0 bridgehead atoms. The van der Waals surface area contributed by atoms with Gasteiger partial charge in [-0.1, -0.05) is 32.4 Å². The molecule has 0 aliphatic heterocycles. The fourth-order valence-corrected chi connectivity index (χ4v) is 3.58. The summed E-state index contributed by atoms with van der Waals surface area (Å²) >= 11 is 0. The van der Waals surface area contributed by atoms with Crippen LogP contribution in [0.25, 0.3) is 11.0 Å². The highest BCUT2D eigenvalue weighted by Crippen LogP contribution is 2.39. The monoisotopic (exact) mass is 272 g/mol. The third-order valence-corrected chi connectivity index (χ3v) is 5.06. The average molecular weight is 272 g/mol. The van der Waals surface area contributed by atoms with Crippen LogP contribution in [-0.2, 0) is 13.5 Å². The smallest absolute Gasteiger partial charge is 0.112 e. The van der Waals surface area contributed by atoms with E-state index in [0.29, 0.717) is 18.3 Å². The number of aliphatic hydroxyl groups is 1. The molecular formula is C17H24N2O. The first-order valence-corrected chi connectivity index (χ1v) is 7.62. The van der Waals surface area contributed by atoms with Gasteiger partial charge in [0.1, 0.15) is 5.82 Å². The normalized spacial score (nSPS) is 30.8. The Morgan fingerprint density at radius 3 is 2.80 bits per heavy atom. The van der Waals surface area contributed by atoms with Gasteiger partial charge in [-0.2, -0.15) is 0 Å². The second kappa shape index (κ2) is 4.88. The number of hydrogen-bond acceptors (Lipinski definition) is 2. The number of benzene rings is 1. The lowest BCUT2D eigenvalue weighted by Gasteiger charge is -2.40. The molecular weight excluding hydrogens is 248 g/mol. The highest BCUT2D eigenvalue weighted by atomic mass is 16.3. The lowest BCUT2D eigenvalue weighted by molar-refractivity contribution is -0.0577. The molecule has 1 aliphatic rings. The summed E-state index contributed by atoms with van der Waals surface area (Å²) in [5.41, 5.74) is 1.56. The Morgan fingerprint density at radius 1 is 1.30 bits per heavy atom. The number of aryl methyl sites for hydroxylation is 1. The zero-order chi connectivity index (χ0) is 14.3. The molecule has 3 unspecified atom stereocenters. The van der Waals surface area contributed by atoms with Gasteiger partial charge in [0.05, 0.1) is 16.6 Å². The molecule has 3 nitrogen and oxygen atoms in total. The molecule has 1 aromatic carbocycles. The number of hydrogen-bond donors (Lipinski definition) is 1. The van der Waals surface area contributed by atoms with Crippen molar-refractivity contribution in [2.45, 2.75) is 45.1 Å². The molecule has 1 saturated carbocycles. The minimum atomic E-state index is -0.604. The second-order valence-corrected chi connectivity index (χ2v) is 6.64. The predicted molar refractivity (Wildman–Crippen MR) is 81.5 cm³/mol. The third-order valence-electron chi connectivity index (χ3n) is 5.06. The summed E-state index contributed by atoms with van der Waals surface area (Å²) in [6.45, 7) is 4.42. The van der Waals surface area contributed by atoms with Gasteiger partial charge in [-0.3, -0.25) is 0 Å². The van der Waals surface area contributed by atoms with Crippen LogP contribution >= 0.6 is 0 Å². The van der Waals surface area contributed by atoms with Crippen molar-refractivity contribution in [2.24, 2.45) is 18.9 Å². The first-order chi connectivity index (χ1) is 9.49. The molecule has 20 heavy (non-hydrogen) atoms. The third kappa shape index (κ3) is 2.24. The highest BCUT2D eigenvalue weighted by Gasteiger charge is 2.39. The minimum absolute atomic E-state index is 0.346. The van der Waals surface area contributed by atoms with E-state index in [1.807, 2.05) is 25.2 Å². The van der Waals surface area contributed by atoms with Gasteiger partial charge in [0.2, 0.25) is 0 Å². The van der Waals surface area contributed by atoms with Crippen LogP contribution in [-0.4, -0.2) is 20.3 Å². The average Bonchev–Trinajstić information content (AvgIpc) is 2.72. The molecule has 108 valence electrons. The topological polar surface area (TPSA) is 38.1 Å². The first kappa shape index (κ1) is 13.6. The first-order valence-electron chi connectivity index (χ1n) is 7.62. The summed E-state index contributed by atoms with van der Waals surface area (Å²) in [5, 5.41) is 11.1. The van der Waals surface area contributed by atoms with Crippen LogP contribution in [0, 0.1) is 11.8 Å². The fraction of sp³-hybridized carbons (Fsp3) is 0.588. The molecule has 1 N–H and O–H groups in total. The molecule has 0 saturated heterocycles. The number of nitrogens with zero attached hydrogens (tertiary/aromatic N) is 2. The van der Waals surface area contributed by atoms with E-state index in [9.17, 15) is 5.11 Å². The van der Waals surface area contributed by atoms with E-state index in [1.54, 1.807) is 0 Å². The Kier molecular flexibility index (Phi) is 3.33. The summed E-state index contributed by atoms with van der Waals surface area (Å²) in [6.07, 6.45) is 3.88. The Morgan fingerprint density at radius 2 is 2.05 bits per heavy atom. The number of fused-ring (bicyclic) bond motifs is 1. The minimum Gasteiger partial charge on any atom is -0.389 e. The van der Waals surface area contributed by atoms with Crippen molar-refractivity contribution in [2.75, 3.05) is 0 Å². The van der Waals surface area contributed by atoms with Crippen molar-refractivity contribution in [1.29, 1.82) is 0 Å². The molecule has 3 rings (SSSR count). The van der Waals surface area contributed by atoms with Gasteiger partial charge in [0.25, 0.3) is 0 Å². The van der Waals surface area contributed by atoms with Crippen LogP contribution in [0.15, 0.2) is 24.3 Å². The van der Waals surface area contributed by atoms with E-state index in [1.165, 1.54) is 6.42 Å². The Labute approximate surface area is 120 Å². The van der Waals surface area contributed by atoms with Gasteiger partial charge in [-0.05, 0) is 36.8 Å². The Hall–Kier alpha value is -1.35. The van der Waals surface area contributed by atoms with Gasteiger partial charge in [-0.15, -0.1) is 0 Å². The molecule has 0 amide bonds. The van der Waals surface area contributed by atoms with E-state index in [2.05, 4.69) is 24.5 Å². The van der Waals surface area contributed by atoms with E-state index in [-0.39, 0.29) is 0 Å². The van der Waals surface area contributed by atoms with Crippen molar-refractivity contribution in [3.05, 3.63) is 30.1 Å². The van der Waals surface area contributed by atoms with E-state index in [4.69, 9.17) is 4.98 Å². The molecule has 1 heterocycles. The summed E-state index contributed by atoms with van der Waals surface area (Å²) in [7, 11) is 2.05. The van der Waals surface area contributed by atoms with E-state index >= 15 is 0 Å². The van der Waals surface area contributed by atoms with Gasteiger partial charge >= 0.3 is 0 Å². The fourth-order valence-electron chi connectivity index (χ4n) is 3.58. The predicted octanol–water partition coefficient (Wildman–Crippen LogP) is 3.30. The molecule has 0 spiro atoms. The van der Waals surface area contributed by atoms with Crippen molar-refractivity contribution in [3.63, 3.8) is 0 Å². The standard InChI is InChI=1S/C17H24N2O/c1-12-8-9-13(2)17(20,10-12)11-16-18-14-6-4-5-7-15(14)19(16)3/h4-7,12-13,20H,8-11H2,1-3H3. The number of imidazole rings is 1. The van der Waals surface area contributed by atoms with Crippen molar-refractivity contribution in [3.8, 4) is 0 Å². The van der Waals surface area contributed by atoms with Crippen LogP contribution < -0.4 is 0 Å². The molecule has 1 aliphatic carbocycles. The quantitative estimate of drug-likeness (QED) is 0.911. The molecule has 0 radical (unpaired) electrons. The van der Waals surface area contributed by atoms with Gasteiger partial charge in [0.15, 0.2) is 0 Å². The van der Waals surface area contributed by atoms with Crippen LogP contribution in [0.1, 0.15) is 38.9 Å². The van der Waals surface area contributed by atoms with Gasteiger partial charge < -0.3 is 9.67 Å². The summed E-state index contributed by atoms with van der Waals surface area (Å²) in [4.78, 5) is 4.71. The zero-order valence-corrected chi connectivity index (χ0v) is 12.6. The summed E-state index contributed by atoms with van der Waals surface area (Å²) in [5.74, 6) is 1.94. The lowest BCUT2D eigenvalue weighted by atomic mass is 9.70. The highest BCUT2D eigenvalue weighted by molar-refractivity contribution is 5.75. The maximum Gasteiger partial charge on any atom is 0.112 e. The largest absolute Gasteiger partial charge is 0.389 e. The summed E-state index contributed by atoms with van der Waals surface area (Å²) < 4.78 is 2.12. The van der Waals surface area contributed by atoms with E-state index in [0.717, 1.165) is 29.7 Å². The van der Waals surface area contributed by atoms with Crippen molar-refractivity contribution in [1.82, 2.24) is 9.55 Å². The molecule has 3 atom stereocenters. The molecule has 1 fully saturated rings. The SMILES string of the molecule is CC1CCC(C)C(O)(Cc2nc3ccccc3n2C)C1. The van der Waals surface area contributed by atoms with Gasteiger partial charge in [-0.25, -0.2) is 4.98 Å². The number of aromatic nitrogens is 2. The summed E-state index contributed by atoms with van der Waals surface area (Å²) in [6, 6.07) is 8.17. The van der Waals surface area contributed by atoms with E-state index < -0.39 is 5.60 Å². The molecule has 1 aromatic heterocycles. The maximum atomic E-state index is 11.1. The molecule has 3 heteroatoms. The van der Waals surface area contributed by atoms with Crippen LogP contribution in [0.3, 0.4) is 0 Å². The van der Waals surface area contributed by atoms with Crippen LogP contribution in [0.4, 0.5) is 0 Å². The van der Waals surface area contributed by atoms with Crippen LogP contribution in [0.5, 0.6) is 0 Å². The van der Waals surface area contributed by atoms with Gasteiger partial charge in [0, 0.05) is 13.5 Å².